The first-order chi connectivity index (χ1) is 9.04. The van der Waals surface area contributed by atoms with Crippen LogP contribution in [-0.4, -0.2) is 36.6 Å². The lowest BCUT2D eigenvalue weighted by atomic mass is 10.0. The molecule has 0 aliphatic carbocycles. The monoisotopic (exact) mass is 261 g/mol. The first-order valence-corrected chi connectivity index (χ1v) is 6.92. The predicted octanol–water partition coefficient (Wildman–Crippen LogP) is 2.40. The molecule has 2 rings (SSSR count). The number of benzene rings is 1. The average Bonchev–Trinajstić information content (AvgIpc) is 2.80. The Morgan fingerprint density at radius 1 is 1.26 bits per heavy atom. The van der Waals surface area contributed by atoms with E-state index in [-0.39, 0.29) is 12.1 Å². The van der Waals surface area contributed by atoms with Gasteiger partial charge in [0.15, 0.2) is 0 Å². The van der Waals surface area contributed by atoms with Gasteiger partial charge in [-0.15, -0.1) is 0 Å². The summed E-state index contributed by atoms with van der Waals surface area (Å²) in [5, 5.41) is 0. The Labute approximate surface area is 115 Å². The number of anilines is 1. The Kier molecular flexibility index (Phi) is 4.10. The lowest BCUT2D eigenvalue weighted by Crippen LogP contribution is -2.36. The molecule has 104 valence electrons. The molecule has 1 saturated heterocycles. The molecule has 4 heteroatoms. The van der Waals surface area contributed by atoms with E-state index in [2.05, 4.69) is 19.1 Å². The van der Waals surface area contributed by atoms with Crippen molar-refractivity contribution in [1.29, 1.82) is 0 Å². The van der Waals surface area contributed by atoms with Crippen molar-refractivity contribution in [2.24, 2.45) is 5.73 Å². The number of urea groups is 1. The lowest BCUT2D eigenvalue weighted by molar-refractivity contribution is 0.209. The van der Waals surface area contributed by atoms with Crippen molar-refractivity contribution in [2.75, 3.05) is 24.5 Å². The molecule has 1 aliphatic heterocycles. The molecule has 0 aromatic heterocycles. The van der Waals surface area contributed by atoms with E-state index in [4.69, 9.17) is 5.73 Å². The molecule has 2 N–H and O–H groups in total. The highest BCUT2D eigenvalue weighted by atomic mass is 16.2. The molecular formula is C15H23N3O. The Morgan fingerprint density at radius 3 is 2.58 bits per heavy atom. The molecule has 1 atom stereocenters. The second-order valence-electron chi connectivity index (χ2n) is 5.45. The molecule has 19 heavy (non-hydrogen) atoms. The van der Waals surface area contributed by atoms with Crippen LogP contribution < -0.4 is 10.6 Å². The number of carbonyl (C=O) groups excluding carboxylic acids is 1. The summed E-state index contributed by atoms with van der Waals surface area (Å²) in [5.41, 5.74) is 7.88. The van der Waals surface area contributed by atoms with Crippen molar-refractivity contribution >= 4 is 11.7 Å². The molecule has 0 radical (unpaired) electrons. The third-order valence-electron chi connectivity index (χ3n) is 3.77. The molecule has 0 bridgehead atoms. The van der Waals surface area contributed by atoms with Crippen LogP contribution in [0.25, 0.3) is 0 Å². The van der Waals surface area contributed by atoms with E-state index < -0.39 is 0 Å². The first-order valence-electron chi connectivity index (χ1n) is 6.92. The van der Waals surface area contributed by atoms with E-state index in [0.717, 1.165) is 18.8 Å². The van der Waals surface area contributed by atoms with E-state index in [0.29, 0.717) is 12.5 Å². The van der Waals surface area contributed by atoms with Crippen LogP contribution in [0.3, 0.4) is 0 Å². The summed E-state index contributed by atoms with van der Waals surface area (Å²) in [7, 11) is 0. The minimum atomic E-state index is 0.104. The van der Waals surface area contributed by atoms with Crippen molar-refractivity contribution in [1.82, 2.24) is 4.90 Å². The molecular weight excluding hydrogens is 238 g/mol. The van der Waals surface area contributed by atoms with Gasteiger partial charge < -0.3 is 10.6 Å². The highest BCUT2D eigenvalue weighted by Gasteiger charge is 2.31. The van der Waals surface area contributed by atoms with E-state index in [9.17, 15) is 4.79 Å². The maximum Gasteiger partial charge on any atom is 0.324 e. The van der Waals surface area contributed by atoms with Crippen molar-refractivity contribution in [2.45, 2.75) is 32.7 Å². The molecule has 0 spiro atoms. The van der Waals surface area contributed by atoms with Gasteiger partial charge in [0.25, 0.3) is 0 Å². The average molecular weight is 261 g/mol. The van der Waals surface area contributed by atoms with Crippen molar-refractivity contribution in [3.05, 3.63) is 29.8 Å². The van der Waals surface area contributed by atoms with Crippen LogP contribution in [0.2, 0.25) is 0 Å². The molecule has 1 aliphatic rings. The fourth-order valence-corrected chi connectivity index (χ4v) is 2.41. The fourth-order valence-electron chi connectivity index (χ4n) is 2.41. The molecule has 2 amide bonds. The maximum atomic E-state index is 12.3. The topological polar surface area (TPSA) is 49.6 Å². The van der Waals surface area contributed by atoms with E-state index >= 15 is 0 Å². The fraction of sp³-hybridized carbons (Fsp3) is 0.533. The van der Waals surface area contributed by atoms with Crippen LogP contribution in [0.4, 0.5) is 10.5 Å². The first kappa shape index (κ1) is 13.9. The van der Waals surface area contributed by atoms with Crippen LogP contribution in [0, 0.1) is 0 Å². The van der Waals surface area contributed by atoms with Gasteiger partial charge in [0.1, 0.15) is 0 Å². The van der Waals surface area contributed by atoms with Crippen molar-refractivity contribution < 1.29 is 4.79 Å². The van der Waals surface area contributed by atoms with E-state index in [1.54, 1.807) is 0 Å². The third kappa shape index (κ3) is 2.73. The number of amides is 2. The second-order valence-corrected chi connectivity index (χ2v) is 5.45. The summed E-state index contributed by atoms with van der Waals surface area (Å²) >= 11 is 0. The number of hydrogen-bond acceptors (Lipinski definition) is 2. The molecule has 1 fully saturated rings. The minimum absolute atomic E-state index is 0.104. The summed E-state index contributed by atoms with van der Waals surface area (Å²) in [6.07, 6.45) is 0. The standard InChI is InChI=1S/C15H23N3O/c1-11(2)17-7-8-18(15(17)19)14-6-4-5-13(9-14)12(3)10-16/h4-6,9,11-12H,7-8,10,16H2,1-3H3. The Hall–Kier alpha value is -1.55. The van der Waals surface area contributed by atoms with Gasteiger partial charge in [0.05, 0.1) is 0 Å². The van der Waals surface area contributed by atoms with Gasteiger partial charge in [0.2, 0.25) is 0 Å². The zero-order chi connectivity index (χ0) is 14.0. The van der Waals surface area contributed by atoms with Gasteiger partial charge in [-0.25, -0.2) is 4.79 Å². The second kappa shape index (κ2) is 5.61. The zero-order valence-corrected chi connectivity index (χ0v) is 12.0. The largest absolute Gasteiger partial charge is 0.330 e. The van der Waals surface area contributed by atoms with Crippen LogP contribution in [0.15, 0.2) is 24.3 Å². The Morgan fingerprint density at radius 2 is 2.00 bits per heavy atom. The Bertz CT molecular complexity index is 458. The SMILES string of the molecule is CC(CN)c1cccc(N2CCN(C(C)C)C2=O)c1. The number of rotatable bonds is 4. The summed E-state index contributed by atoms with van der Waals surface area (Å²) in [5.74, 6) is 0.318. The van der Waals surface area contributed by atoms with Crippen LogP contribution in [-0.2, 0) is 0 Å². The normalized spacial score (nSPS) is 17.4. The van der Waals surface area contributed by atoms with Crippen molar-refractivity contribution in [3.63, 3.8) is 0 Å². The number of hydrogen-bond donors (Lipinski definition) is 1. The number of carbonyl (C=O) groups is 1. The number of nitrogens with zero attached hydrogens (tertiary/aromatic N) is 2. The molecule has 1 unspecified atom stereocenters. The van der Waals surface area contributed by atoms with Crippen LogP contribution >= 0.6 is 0 Å². The quantitative estimate of drug-likeness (QED) is 0.904. The summed E-state index contributed by atoms with van der Waals surface area (Å²) in [6.45, 7) is 8.38. The minimum Gasteiger partial charge on any atom is -0.330 e. The highest BCUT2D eigenvalue weighted by Crippen LogP contribution is 2.25. The molecule has 1 aromatic carbocycles. The van der Waals surface area contributed by atoms with Gasteiger partial charge >= 0.3 is 6.03 Å². The molecule has 0 saturated carbocycles. The van der Waals surface area contributed by atoms with Crippen LogP contribution in [0.1, 0.15) is 32.3 Å². The van der Waals surface area contributed by atoms with Gasteiger partial charge in [-0.1, -0.05) is 19.1 Å². The van der Waals surface area contributed by atoms with E-state index in [1.807, 2.05) is 35.8 Å². The third-order valence-corrected chi connectivity index (χ3v) is 3.77. The van der Waals surface area contributed by atoms with Gasteiger partial charge in [-0.2, -0.15) is 0 Å². The van der Waals surface area contributed by atoms with Gasteiger partial charge in [0, 0.05) is 24.8 Å². The predicted molar refractivity (Wildman–Crippen MR) is 78.5 cm³/mol. The van der Waals surface area contributed by atoms with Crippen molar-refractivity contribution in [3.8, 4) is 0 Å². The number of nitrogens with two attached hydrogens (primary N) is 1. The van der Waals surface area contributed by atoms with Gasteiger partial charge in [-0.3, -0.25) is 4.90 Å². The van der Waals surface area contributed by atoms with E-state index in [1.165, 1.54) is 5.56 Å². The summed E-state index contributed by atoms with van der Waals surface area (Å²) in [6, 6.07) is 8.51. The molecule has 4 nitrogen and oxygen atoms in total. The zero-order valence-electron chi connectivity index (χ0n) is 12.0. The summed E-state index contributed by atoms with van der Waals surface area (Å²) in [4.78, 5) is 16.1. The highest BCUT2D eigenvalue weighted by molar-refractivity contribution is 5.94. The van der Waals surface area contributed by atoms with Crippen LogP contribution in [0.5, 0.6) is 0 Å². The maximum absolute atomic E-state index is 12.3. The Balaban J connectivity index is 2.21. The lowest BCUT2D eigenvalue weighted by Gasteiger charge is -2.22. The summed E-state index contributed by atoms with van der Waals surface area (Å²) < 4.78 is 0. The van der Waals surface area contributed by atoms with Gasteiger partial charge in [-0.05, 0) is 44.0 Å². The molecule has 1 heterocycles. The smallest absolute Gasteiger partial charge is 0.324 e. The molecule has 1 aromatic rings.